The molecule has 0 saturated heterocycles. The van der Waals surface area contributed by atoms with Crippen LogP contribution in [0.15, 0.2) is 72.9 Å². The second kappa shape index (κ2) is 8.53. The first-order valence-electron chi connectivity index (χ1n) is 8.37. The summed E-state index contributed by atoms with van der Waals surface area (Å²) in [6, 6.07) is 20.7. The first-order chi connectivity index (χ1) is 12.7. The third-order valence-electron chi connectivity index (χ3n) is 3.77. The number of pyridine rings is 1. The van der Waals surface area contributed by atoms with Crippen LogP contribution in [-0.4, -0.2) is 24.0 Å². The number of carbonyl (C=O) groups is 1. The number of hydrogen-bond donors (Lipinski definition) is 4. The molecule has 6 heteroatoms. The molecule has 0 atom stereocenters. The zero-order valence-electron chi connectivity index (χ0n) is 14.3. The molecule has 0 spiro atoms. The van der Waals surface area contributed by atoms with Crippen LogP contribution in [0.2, 0.25) is 0 Å². The van der Waals surface area contributed by atoms with Gasteiger partial charge in [-0.3, -0.25) is 4.79 Å². The van der Waals surface area contributed by atoms with E-state index in [1.54, 1.807) is 30.5 Å². The van der Waals surface area contributed by atoms with E-state index in [2.05, 4.69) is 20.9 Å². The Hall–Kier alpha value is -3.54. The van der Waals surface area contributed by atoms with Crippen LogP contribution < -0.4 is 21.7 Å². The Balaban J connectivity index is 1.48. The van der Waals surface area contributed by atoms with Crippen LogP contribution in [0.25, 0.3) is 0 Å². The van der Waals surface area contributed by atoms with Crippen molar-refractivity contribution in [2.75, 3.05) is 34.8 Å². The molecule has 0 radical (unpaired) electrons. The highest BCUT2D eigenvalue weighted by atomic mass is 16.1. The van der Waals surface area contributed by atoms with Gasteiger partial charge in [0, 0.05) is 25.0 Å². The highest BCUT2D eigenvalue weighted by Gasteiger charge is 2.08. The maximum absolute atomic E-state index is 12.3. The zero-order chi connectivity index (χ0) is 18.2. The van der Waals surface area contributed by atoms with Crippen molar-refractivity contribution in [3.05, 3.63) is 78.5 Å². The summed E-state index contributed by atoms with van der Waals surface area (Å²) >= 11 is 0. The summed E-state index contributed by atoms with van der Waals surface area (Å²) in [5.41, 5.74) is 8.50. The van der Waals surface area contributed by atoms with Crippen LogP contribution in [-0.2, 0) is 0 Å². The van der Waals surface area contributed by atoms with E-state index in [4.69, 9.17) is 5.73 Å². The molecule has 0 aliphatic carbocycles. The monoisotopic (exact) mass is 347 g/mol. The van der Waals surface area contributed by atoms with Crippen molar-refractivity contribution in [2.24, 2.45) is 0 Å². The molecule has 5 N–H and O–H groups in total. The highest BCUT2D eigenvalue weighted by Crippen LogP contribution is 2.18. The molecule has 0 aliphatic heterocycles. The number of nitrogens with zero attached hydrogens (tertiary/aromatic N) is 1. The zero-order valence-corrected chi connectivity index (χ0v) is 14.3. The predicted molar refractivity (Wildman–Crippen MR) is 106 cm³/mol. The van der Waals surface area contributed by atoms with Crippen LogP contribution in [0.3, 0.4) is 0 Å². The van der Waals surface area contributed by atoms with Gasteiger partial charge in [-0.15, -0.1) is 0 Å². The van der Waals surface area contributed by atoms with Gasteiger partial charge in [0.2, 0.25) is 0 Å². The number of amides is 1. The standard InChI is InChI=1S/C20H21N5O/c21-17-8-4-5-9-18(17)25-20(26)15-10-11-19(24-14-15)23-13-12-22-16-6-2-1-3-7-16/h1-11,14,22H,12-13,21H2,(H,23,24)(H,25,26). The van der Waals surface area contributed by atoms with E-state index >= 15 is 0 Å². The highest BCUT2D eigenvalue weighted by molar-refractivity contribution is 6.05. The smallest absolute Gasteiger partial charge is 0.257 e. The number of carbonyl (C=O) groups excluding carboxylic acids is 1. The maximum atomic E-state index is 12.3. The number of aromatic nitrogens is 1. The third-order valence-corrected chi connectivity index (χ3v) is 3.77. The molecule has 1 amide bonds. The molecule has 6 nitrogen and oxygen atoms in total. The van der Waals surface area contributed by atoms with E-state index in [9.17, 15) is 4.79 Å². The maximum Gasteiger partial charge on any atom is 0.257 e. The van der Waals surface area contributed by atoms with Gasteiger partial charge < -0.3 is 21.7 Å². The quantitative estimate of drug-likeness (QED) is 0.388. The molecule has 2 aromatic carbocycles. The van der Waals surface area contributed by atoms with Crippen LogP contribution in [0.5, 0.6) is 0 Å². The largest absolute Gasteiger partial charge is 0.397 e. The number of nitrogens with one attached hydrogen (secondary N) is 3. The van der Waals surface area contributed by atoms with Gasteiger partial charge >= 0.3 is 0 Å². The molecule has 26 heavy (non-hydrogen) atoms. The van der Waals surface area contributed by atoms with E-state index in [-0.39, 0.29) is 5.91 Å². The summed E-state index contributed by atoms with van der Waals surface area (Å²) in [7, 11) is 0. The Bertz CT molecular complexity index is 850. The van der Waals surface area contributed by atoms with Gasteiger partial charge in [-0.2, -0.15) is 0 Å². The Morgan fingerprint density at radius 1 is 0.885 bits per heavy atom. The lowest BCUT2D eigenvalue weighted by Gasteiger charge is -2.10. The molecule has 3 aromatic rings. The lowest BCUT2D eigenvalue weighted by molar-refractivity contribution is 0.102. The first kappa shape index (κ1) is 17.3. The Morgan fingerprint density at radius 2 is 1.62 bits per heavy atom. The van der Waals surface area contributed by atoms with Crippen molar-refractivity contribution in [3.63, 3.8) is 0 Å². The van der Waals surface area contributed by atoms with Gasteiger partial charge in [0.05, 0.1) is 16.9 Å². The molecule has 0 bridgehead atoms. The molecule has 1 heterocycles. The van der Waals surface area contributed by atoms with Crippen LogP contribution in [0.4, 0.5) is 22.9 Å². The second-order valence-electron chi connectivity index (χ2n) is 5.69. The van der Waals surface area contributed by atoms with Crippen molar-refractivity contribution in [1.82, 2.24) is 4.98 Å². The van der Waals surface area contributed by atoms with E-state index in [0.717, 1.165) is 18.1 Å². The molecule has 3 rings (SSSR count). The minimum absolute atomic E-state index is 0.243. The van der Waals surface area contributed by atoms with Gasteiger partial charge in [-0.05, 0) is 36.4 Å². The summed E-state index contributed by atoms with van der Waals surface area (Å²) in [5, 5.41) is 9.31. The van der Waals surface area contributed by atoms with Gasteiger partial charge in [0.15, 0.2) is 0 Å². The summed E-state index contributed by atoms with van der Waals surface area (Å²) in [4.78, 5) is 16.5. The van der Waals surface area contributed by atoms with Crippen LogP contribution in [0.1, 0.15) is 10.4 Å². The average Bonchev–Trinajstić information content (AvgIpc) is 2.68. The molecule has 0 saturated carbocycles. The summed E-state index contributed by atoms with van der Waals surface area (Å²) < 4.78 is 0. The molecule has 132 valence electrons. The minimum Gasteiger partial charge on any atom is -0.397 e. The Labute approximate surface area is 152 Å². The average molecular weight is 347 g/mol. The van der Waals surface area contributed by atoms with Gasteiger partial charge in [-0.1, -0.05) is 30.3 Å². The first-order valence-corrected chi connectivity index (χ1v) is 8.37. The molecule has 0 unspecified atom stereocenters. The predicted octanol–water partition coefficient (Wildman–Crippen LogP) is 3.44. The van der Waals surface area contributed by atoms with Gasteiger partial charge in [0.1, 0.15) is 5.82 Å². The number of anilines is 4. The number of nitrogen functional groups attached to an aromatic ring is 1. The number of benzene rings is 2. The Morgan fingerprint density at radius 3 is 2.35 bits per heavy atom. The summed E-state index contributed by atoms with van der Waals surface area (Å²) in [6.07, 6.45) is 1.54. The fraction of sp³-hybridized carbons (Fsp3) is 0.100. The van der Waals surface area contributed by atoms with E-state index in [0.29, 0.717) is 23.5 Å². The van der Waals surface area contributed by atoms with Crippen molar-refractivity contribution in [3.8, 4) is 0 Å². The number of nitrogens with two attached hydrogens (primary N) is 1. The van der Waals surface area contributed by atoms with E-state index in [1.165, 1.54) is 0 Å². The van der Waals surface area contributed by atoms with Crippen LogP contribution >= 0.6 is 0 Å². The van der Waals surface area contributed by atoms with Gasteiger partial charge in [-0.25, -0.2) is 4.98 Å². The summed E-state index contributed by atoms with van der Waals surface area (Å²) in [6.45, 7) is 1.48. The van der Waals surface area contributed by atoms with Crippen molar-refractivity contribution < 1.29 is 4.79 Å². The van der Waals surface area contributed by atoms with E-state index in [1.807, 2.05) is 42.5 Å². The molecular formula is C20H21N5O. The van der Waals surface area contributed by atoms with Crippen molar-refractivity contribution in [1.29, 1.82) is 0 Å². The summed E-state index contributed by atoms with van der Waals surface area (Å²) in [5.74, 6) is 0.475. The lowest BCUT2D eigenvalue weighted by Crippen LogP contribution is -2.15. The SMILES string of the molecule is Nc1ccccc1NC(=O)c1ccc(NCCNc2ccccc2)nc1. The normalized spacial score (nSPS) is 10.2. The number of hydrogen-bond acceptors (Lipinski definition) is 5. The molecule has 1 aromatic heterocycles. The number of rotatable bonds is 7. The van der Waals surface area contributed by atoms with E-state index < -0.39 is 0 Å². The number of para-hydroxylation sites is 3. The molecular weight excluding hydrogens is 326 g/mol. The topological polar surface area (TPSA) is 92.1 Å². The van der Waals surface area contributed by atoms with Crippen molar-refractivity contribution in [2.45, 2.75) is 0 Å². The molecule has 0 fully saturated rings. The second-order valence-corrected chi connectivity index (χ2v) is 5.69. The van der Waals surface area contributed by atoms with Gasteiger partial charge in [0.25, 0.3) is 5.91 Å². The van der Waals surface area contributed by atoms with Crippen LogP contribution in [0, 0.1) is 0 Å². The fourth-order valence-electron chi connectivity index (χ4n) is 2.39. The molecule has 0 aliphatic rings. The fourth-order valence-corrected chi connectivity index (χ4v) is 2.39. The lowest BCUT2D eigenvalue weighted by atomic mass is 10.2. The van der Waals surface area contributed by atoms with Crippen molar-refractivity contribution >= 4 is 28.8 Å². The minimum atomic E-state index is -0.243. The third kappa shape index (κ3) is 4.73. The Kier molecular flexibility index (Phi) is 5.67.